The van der Waals surface area contributed by atoms with Crippen molar-refractivity contribution in [2.45, 2.75) is 13.0 Å². The van der Waals surface area contributed by atoms with Crippen LogP contribution in [0, 0.1) is 0 Å². The predicted molar refractivity (Wildman–Crippen MR) is 82.4 cm³/mol. The smallest absolute Gasteiger partial charge is 0.323 e. The molecule has 118 valence electrons. The van der Waals surface area contributed by atoms with Crippen LogP contribution in [0.3, 0.4) is 0 Å². The number of nitrogens with zero attached hydrogens (tertiary/aromatic N) is 5. The summed E-state index contributed by atoms with van der Waals surface area (Å²) in [6.07, 6.45) is 5.36. The van der Waals surface area contributed by atoms with E-state index >= 15 is 0 Å². The molecule has 2 aromatic rings. The molecule has 1 fully saturated rings. The van der Waals surface area contributed by atoms with E-state index in [4.69, 9.17) is 0 Å². The third kappa shape index (κ3) is 2.96. The number of likely N-dealkylation sites (N-methyl/N-ethyl adjacent to an activating group) is 1. The van der Waals surface area contributed by atoms with E-state index in [-0.39, 0.29) is 12.1 Å². The van der Waals surface area contributed by atoms with Gasteiger partial charge in [-0.3, -0.25) is 14.9 Å². The maximum atomic E-state index is 12.4. The molecule has 1 saturated heterocycles. The first kappa shape index (κ1) is 14.6. The van der Waals surface area contributed by atoms with Gasteiger partial charge in [0.1, 0.15) is 5.82 Å². The summed E-state index contributed by atoms with van der Waals surface area (Å²) < 4.78 is 1.66. The minimum atomic E-state index is -0.119. The molecule has 0 aromatic carbocycles. The van der Waals surface area contributed by atoms with Gasteiger partial charge in [-0.2, -0.15) is 5.10 Å². The topological polar surface area (TPSA) is 82.1 Å². The summed E-state index contributed by atoms with van der Waals surface area (Å²) in [6.45, 7) is 5.20. The standard InChI is InChI=1S/C14H21N7O/c1-3-20-8-9-21(10-11(20)13-15-5-6-16-13)14(22)17-12-4-7-19(2)18-12/h4-7,11H,3,8-10H2,1-2H3,(H,15,16)(H,17,18,22)/t11-/m1/s1. The van der Waals surface area contributed by atoms with Crippen LogP contribution < -0.4 is 5.32 Å². The van der Waals surface area contributed by atoms with Gasteiger partial charge in [-0.15, -0.1) is 0 Å². The maximum Gasteiger partial charge on any atom is 0.323 e. The van der Waals surface area contributed by atoms with E-state index in [1.807, 2.05) is 18.1 Å². The summed E-state index contributed by atoms with van der Waals surface area (Å²) in [6, 6.07) is 1.76. The van der Waals surface area contributed by atoms with E-state index in [2.05, 4.69) is 32.2 Å². The molecule has 0 aliphatic carbocycles. The average molecular weight is 303 g/mol. The van der Waals surface area contributed by atoms with E-state index in [0.717, 1.165) is 18.9 Å². The summed E-state index contributed by atoms with van der Waals surface area (Å²) in [5.41, 5.74) is 0. The van der Waals surface area contributed by atoms with Crippen LogP contribution in [-0.4, -0.2) is 61.8 Å². The molecular formula is C14H21N7O. The average Bonchev–Trinajstić information content (AvgIpc) is 3.18. The maximum absolute atomic E-state index is 12.4. The SMILES string of the molecule is CCN1CCN(C(=O)Nc2ccn(C)n2)C[C@@H]1c1ncc[nH]1. The lowest BCUT2D eigenvalue weighted by atomic mass is 10.1. The van der Waals surface area contributed by atoms with Crippen molar-refractivity contribution in [1.82, 2.24) is 29.5 Å². The van der Waals surface area contributed by atoms with Gasteiger partial charge in [0.25, 0.3) is 0 Å². The van der Waals surface area contributed by atoms with Gasteiger partial charge in [0.05, 0.1) is 6.04 Å². The van der Waals surface area contributed by atoms with Crippen LogP contribution >= 0.6 is 0 Å². The fourth-order valence-electron chi connectivity index (χ4n) is 2.77. The lowest BCUT2D eigenvalue weighted by Crippen LogP contribution is -2.51. The third-order valence-corrected chi connectivity index (χ3v) is 3.97. The van der Waals surface area contributed by atoms with Crippen LogP contribution in [0.5, 0.6) is 0 Å². The molecule has 0 bridgehead atoms. The van der Waals surface area contributed by atoms with Crippen LogP contribution in [-0.2, 0) is 7.05 Å². The highest BCUT2D eigenvalue weighted by molar-refractivity contribution is 5.88. The van der Waals surface area contributed by atoms with Crippen LogP contribution in [0.25, 0.3) is 0 Å². The molecule has 8 heteroatoms. The fourth-order valence-corrected chi connectivity index (χ4v) is 2.77. The van der Waals surface area contributed by atoms with Gasteiger partial charge in [-0.05, 0) is 6.54 Å². The molecule has 3 rings (SSSR count). The minimum absolute atomic E-state index is 0.100. The van der Waals surface area contributed by atoms with E-state index in [9.17, 15) is 4.79 Å². The van der Waals surface area contributed by atoms with Crippen LogP contribution in [0.15, 0.2) is 24.7 Å². The molecule has 8 nitrogen and oxygen atoms in total. The second-order valence-electron chi connectivity index (χ2n) is 5.37. The predicted octanol–water partition coefficient (Wildman–Crippen LogP) is 1.05. The van der Waals surface area contributed by atoms with Crippen molar-refractivity contribution in [3.05, 3.63) is 30.5 Å². The number of hydrogen-bond donors (Lipinski definition) is 2. The second-order valence-corrected chi connectivity index (χ2v) is 5.37. The minimum Gasteiger partial charge on any atom is -0.347 e. The number of rotatable bonds is 3. The van der Waals surface area contributed by atoms with Gasteiger partial charge in [0.15, 0.2) is 5.82 Å². The Morgan fingerprint density at radius 1 is 1.50 bits per heavy atom. The molecule has 2 N–H and O–H groups in total. The third-order valence-electron chi connectivity index (χ3n) is 3.97. The Kier molecular flexibility index (Phi) is 4.10. The van der Waals surface area contributed by atoms with Crippen molar-refractivity contribution >= 4 is 11.8 Å². The first-order chi connectivity index (χ1) is 10.7. The number of imidazole rings is 1. The van der Waals surface area contributed by atoms with Gasteiger partial charge in [-0.1, -0.05) is 6.92 Å². The van der Waals surface area contributed by atoms with Crippen LogP contribution in [0.2, 0.25) is 0 Å². The molecule has 1 aliphatic heterocycles. The molecule has 1 atom stereocenters. The van der Waals surface area contributed by atoms with Crippen molar-refractivity contribution < 1.29 is 4.79 Å². The normalized spacial score (nSPS) is 19.4. The number of aromatic nitrogens is 4. The van der Waals surface area contributed by atoms with E-state index < -0.39 is 0 Å². The summed E-state index contributed by atoms with van der Waals surface area (Å²) in [7, 11) is 1.82. The van der Waals surface area contributed by atoms with Gasteiger partial charge < -0.3 is 9.88 Å². The number of carbonyl (C=O) groups excluding carboxylic acids is 1. The molecule has 22 heavy (non-hydrogen) atoms. The molecule has 2 aromatic heterocycles. The molecule has 0 radical (unpaired) electrons. The molecule has 0 spiro atoms. The number of hydrogen-bond acceptors (Lipinski definition) is 4. The molecule has 0 unspecified atom stereocenters. The van der Waals surface area contributed by atoms with Gasteiger partial charge >= 0.3 is 6.03 Å². The number of piperazine rings is 1. The summed E-state index contributed by atoms with van der Waals surface area (Å²) in [4.78, 5) is 24.0. The Balaban J connectivity index is 1.68. The number of amides is 2. The zero-order valence-electron chi connectivity index (χ0n) is 12.9. The Bertz CT molecular complexity index is 621. The summed E-state index contributed by atoms with van der Waals surface area (Å²) in [5, 5.41) is 7.01. The van der Waals surface area contributed by atoms with Gasteiger partial charge in [-0.25, -0.2) is 9.78 Å². The van der Waals surface area contributed by atoms with Crippen molar-refractivity contribution in [3.63, 3.8) is 0 Å². The van der Waals surface area contributed by atoms with Crippen LogP contribution in [0.4, 0.5) is 10.6 Å². The Labute approximate surface area is 129 Å². The van der Waals surface area contributed by atoms with Gasteiger partial charge in [0.2, 0.25) is 0 Å². The molecule has 3 heterocycles. The van der Waals surface area contributed by atoms with Crippen molar-refractivity contribution in [3.8, 4) is 0 Å². The Morgan fingerprint density at radius 2 is 2.36 bits per heavy atom. The molecular weight excluding hydrogens is 282 g/mol. The zero-order valence-corrected chi connectivity index (χ0v) is 12.9. The van der Waals surface area contributed by atoms with Crippen molar-refractivity contribution in [1.29, 1.82) is 0 Å². The van der Waals surface area contributed by atoms with E-state index in [0.29, 0.717) is 18.9 Å². The van der Waals surface area contributed by atoms with Crippen molar-refractivity contribution in [2.24, 2.45) is 7.05 Å². The number of H-pyrrole nitrogens is 1. The zero-order chi connectivity index (χ0) is 15.5. The molecule has 1 aliphatic rings. The van der Waals surface area contributed by atoms with E-state index in [1.54, 1.807) is 23.1 Å². The molecule has 2 amide bonds. The van der Waals surface area contributed by atoms with Crippen LogP contribution in [0.1, 0.15) is 18.8 Å². The first-order valence-electron chi connectivity index (χ1n) is 7.46. The Hall–Kier alpha value is -2.35. The Morgan fingerprint density at radius 3 is 3.00 bits per heavy atom. The largest absolute Gasteiger partial charge is 0.347 e. The number of urea groups is 1. The monoisotopic (exact) mass is 303 g/mol. The number of anilines is 1. The summed E-state index contributed by atoms with van der Waals surface area (Å²) >= 11 is 0. The lowest BCUT2D eigenvalue weighted by molar-refractivity contribution is 0.0946. The second kappa shape index (κ2) is 6.18. The lowest BCUT2D eigenvalue weighted by Gasteiger charge is -2.39. The van der Waals surface area contributed by atoms with Crippen molar-refractivity contribution in [2.75, 3.05) is 31.5 Å². The van der Waals surface area contributed by atoms with E-state index in [1.165, 1.54) is 0 Å². The number of aromatic amines is 1. The number of nitrogens with one attached hydrogen (secondary N) is 2. The first-order valence-corrected chi connectivity index (χ1v) is 7.46. The molecule has 0 saturated carbocycles. The van der Waals surface area contributed by atoms with Gasteiger partial charge in [0, 0.05) is 51.3 Å². The summed E-state index contributed by atoms with van der Waals surface area (Å²) in [5.74, 6) is 1.47. The highest BCUT2D eigenvalue weighted by Gasteiger charge is 2.31. The number of aryl methyl sites for hydroxylation is 1. The quantitative estimate of drug-likeness (QED) is 0.888. The number of carbonyl (C=O) groups is 1. The fraction of sp³-hybridized carbons (Fsp3) is 0.500. The highest BCUT2D eigenvalue weighted by atomic mass is 16.2. The highest BCUT2D eigenvalue weighted by Crippen LogP contribution is 2.22.